The van der Waals surface area contributed by atoms with Gasteiger partial charge >= 0.3 is 0 Å². The molecule has 1 atom stereocenters. The summed E-state index contributed by atoms with van der Waals surface area (Å²) in [6.45, 7) is 6.81. The van der Waals surface area contributed by atoms with Crippen LogP contribution in [0.5, 0.6) is 11.5 Å². The van der Waals surface area contributed by atoms with Gasteiger partial charge in [0.1, 0.15) is 11.1 Å². The zero-order valence-electron chi connectivity index (χ0n) is 21.1. The minimum atomic E-state index is -0.127. The Morgan fingerprint density at radius 3 is 2.69 bits per heavy atom. The van der Waals surface area contributed by atoms with Crippen molar-refractivity contribution in [2.24, 2.45) is 16.3 Å². The maximum absolute atomic E-state index is 13.5. The molecule has 1 N–H and O–H groups in total. The number of nitrogens with one attached hydrogen (secondary N) is 1. The van der Waals surface area contributed by atoms with Crippen molar-refractivity contribution in [1.29, 1.82) is 5.26 Å². The third-order valence-electron chi connectivity index (χ3n) is 6.54. The highest BCUT2D eigenvalue weighted by Gasteiger charge is 2.33. The Kier molecular flexibility index (Phi) is 7.76. The van der Waals surface area contributed by atoms with E-state index < -0.39 is 0 Å². The predicted octanol–water partition coefficient (Wildman–Crippen LogP) is 6.81. The number of nitrogens with zero attached hydrogens (tertiary/aromatic N) is 2. The number of amides is 1. The minimum Gasteiger partial charge on any atom is -0.493 e. The van der Waals surface area contributed by atoms with Crippen LogP contribution in [0.1, 0.15) is 53.6 Å². The SMILES string of the molecule is COc1cc(C=Nc2sc3c(c2C(=O)Nc2ccccc2)CC[C@@H](C(C)(C)C)C3)ccc1OCC#N. The molecular weight excluding hydrogens is 470 g/mol. The summed E-state index contributed by atoms with van der Waals surface area (Å²) in [5.74, 6) is 1.46. The molecule has 1 aliphatic rings. The lowest BCUT2D eigenvalue weighted by Crippen LogP contribution is -2.27. The van der Waals surface area contributed by atoms with Gasteiger partial charge in [-0.05, 0) is 72.1 Å². The zero-order valence-corrected chi connectivity index (χ0v) is 21.9. The topological polar surface area (TPSA) is 83.7 Å². The minimum absolute atomic E-state index is 0.0556. The van der Waals surface area contributed by atoms with Crippen molar-refractivity contribution >= 4 is 34.1 Å². The number of para-hydroxylation sites is 1. The molecule has 0 aliphatic heterocycles. The Balaban J connectivity index is 1.68. The van der Waals surface area contributed by atoms with Crippen molar-refractivity contribution in [3.05, 3.63) is 70.1 Å². The molecular formula is C29H31N3O3S. The van der Waals surface area contributed by atoms with Gasteiger partial charge in [-0.2, -0.15) is 5.26 Å². The molecule has 0 fully saturated rings. The van der Waals surface area contributed by atoms with Crippen LogP contribution in [-0.4, -0.2) is 25.8 Å². The van der Waals surface area contributed by atoms with E-state index in [1.54, 1.807) is 30.7 Å². The van der Waals surface area contributed by atoms with Crippen molar-refractivity contribution < 1.29 is 14.3 Å². The van der Waals surface area contributed by atoms with Gasteiger partial charge in [0.05, 0.1) is 12.7 Å². The Bertz CT molecular complexity index is 1300. The summed E-state index contributed by atoms with van der Waals surface area (Å²) in [6.07, 6.45) is 4.64. The summed E-state index contributed by atoms with van der Waals surface area (Å²) in [6, 6.07) is 16.9. The number of thiophene rings is 1. The van der Waals surface area contributed by atoms with Gasteiger partial charge in [0.2, 0.25) is 0 Å². The lowest BCUT2D eigenvalue weighted by atomic mass is 9.72. The third kappa shape index (κ3) is 5.77. The molecule has 0 spiro atoms. The van der Waals surface area contributed by atoms with E-state index in [9.17, 15) is 4.79 Å². The average Bonchev–Trinajstić information content (AvgIpc) is 3.24. The molecule has 6 nitrogen and oxygen atoms in total. The van der Waals surface area contributed by atoms with E-state index >= 15 is 0 Å². The van der Waals surface area contributed by atoms with Crippen LogP contribution in [0.25, 0.3) is 0 Å². The lowest BCUT2D eigenvalue weighted by Gasteiger charge is -2.33. The van der Waals surface area contributed by atoms with Crippen LogP contribution in [-0.2, 0) is 12.8 Å². The zero-order chi connectivity index (χ0) is 25.7. The number of ether oxygens (including phenoxy) is 2. The number of benzene rings is 2. The van der Waals surface area contributed by atoms with Crippen LogP contribution < -0.4 is 14.8 Å². The van der Waals surface area contributed by atoms with Gasteiger partial charge in [-0.3, -0.25) is 4.79 Å². The number of carbonyl (C=O) groups excluding carboxylic acids is 1. The Hall–Kier alpha value is -3.63. The van der Waals surface area contributed by atoms with E-state index in [4.69, 9.17) is 19.7 Å². The molecule has 0 saturated carbocycles. The summed E-state index contributed by atoms with van der Waals surface area (Å²) in [4.78, 5) is 19.5. The highest BCUT2D eigenvalue weighted by atomic mass is 32.1. The fourth-order valence-corrected chi connectivity index (χ4v) is 5.75. The number of methoxy groups -OCH3 is 1. The molecule has 0 radical (unpaired) electrons. The molecule has 1 amide bonds. The molecule has 0 bridgehead atoms. The fraction of sp³-hybridized carbons (Fsp3) is 0.345. The number of rotatable bonds is 7. The van der Waals surface area contributed by atoms with Crippen molar-refractivity contribution in [1.82, 2.24) is 0 Å². The van der Waals surface area contributed by atoms with Crippen molar-refractivity contribution in [3.8, 4) is 17.6 Å². The highest BCUT2D eigenvalue weighted by Crippen LogP contribution is 2.45. The van der Waals surface area contributed by atoms with E-state index in [2.05, 4.69) is 26.1 Å². The Morgan fingerprint density at radius 1 is 1.22 bits per heavy atom. The number of hydrogen-bond acceptors (Lipinski definition) is 6. The maximum Gasteiger partial charge on any atom is 0.259 e. The molecule has 2 aromatic carbocycles. The summed E-state index contributed by atoms with van der Waals surface area (Å²) in [7, 11) is 1.56. The van der Waals surface area contributed by atoms with Gasteiger partial charge in [0.25, 0.3) is 5.91 Å². The van der Waals surface area contributed by atoms with Gasteiger partial charge < -0.3 is 14.8 Å². The van der Waals surface area contributed by atoms with E-state index in [1.807, 2.05) is 48.5 Å². The first kappa shape index (κ1) is 25.5. The number of nitriles is 1. The van der Waals surface area contributed by atoms with E-state index in [0.29, 0.717) is 28.0 Å². The Labute approximate surface area is 216 Å². The number of hydrogen-bond donors (Lipinski definition) is 1. The molecule has 0 saturated heterocycles. The van der Waals surface area contributed by atoms with Gasteiger partial charge in [-0.15, -0.1) is 11.3 Å². The lowest BCUT2D eigenvalue weighted by molar-refractivity contribution is 0.102. The van der Waals surface area contributed by atoms with Gasteiger partial charge in [-0.1, -0.05) is 39.0 Å². The van der Waals surface area contributed by atoms with E-state index in [1.165, 1.54) is 4.88 Å². The second kappa shape index (κ2) is 11.0. The smallest absolute Gasteiger partial charge is 0.259 e. The fourth-order valence-electron chi connectivity index (χ4n) is 4.48. The average molecular weight is 502 g/mol. The second-order valence-electron chi connectivity index (χ2n) is 9.93. The molecule has 36 heavy (non-hydrogen) atoms. The maximum atomic E-state index is 13.5. The summed E-state index contributed by atoms with van der Waals surface area (Å²) in [5, 5.41) is 12.5. The third-order valence-corrected chi connectivity index (χ3v) is 7.70. The first-order chi connectivity index (χ1) is 17.3. The normalized spacial score (nSPS) is 15.2. The summed E-state index contributed by atoms with van der Waals surface area (Å²) < 4.78 is 10.8. The summed E-state index contributed by atoms with van der Waals surface area (Å²) >= 11 is 1.61. The quantitative estimate of drug-likeness (QED) is 0.360. The van der Waals surface area contributed by atoms with Crippen LogP contribution in [0.2, 0.25) is 0 Å². The molecule has 1 heterocycles. The predicted molar refractivity (Wildman–Crippen MR) is 145 cm³/mol. The number of carbonyl (C=O) groups is 1. The highest BCUT2D eigenvalue weighted by molar-refractivity contribution is 7.16. The molecule has 4 rings (SSSR count). The van der Waals surface area contributed by atoms with Gasteiger partial charge in [-0.25, -0.2) is 4.99 Å². The number of aliphatic imine (C=N–C) groups is 1. The molecule has 0 unspecified atom stereocenters. The van der Waals surface area contributed by atoms with Crippen molar-refractivity contribution in [2.75, 3.05) is 19.0 Å². The molecule has 186 valence electrons. The largest absolute Gasteiger partial charge is 0.493 e. The van der Waals surface area contributed by atoms with E-state index in [-0.39, 0.29) is 17.9 Å². The van der Waals surface area contributed by atoms with Gasteiger partial charge in [0.15, 0.2) is 18.1 Å². The second-order valence-corrected chi connectivity index (χ2v) is 11.0. The van der Waals surface area contributed by atoms with Crippen molar-refractivity contribution in [2.45, 2.75) is 40.0 Å². The van der Waals surface area contributed by atoms with Crippen LogP contribution in [0, 0.1) is 22.7 Å². The van der Waals surface area contributed by atoms with Crippen LogP contribution in [0.4, 0.5) is 10.7 Å². The van der Waals surface area contributed by atoms with E-state index in [0.717, 1.165) is 36.1 Å². The van der Waals surface area contributed by atoms with Crippen LogP contribution in [0.3, 0.4) is 0 Å². The first-order valence-corrected chi connectivity index (χ1v) is 12.8. The van der Waals surface area contributed by atoms with Gasteiger partial charge in [0, 0.05) is 16.8 Å². The van der Waals surface area contributed by atoms with Crippen LogP contribution >= 0.6 is 11.3 Å². The Morgan fingerprint density at radius 2 is 2.00 bits per heavy atom. The molecule has 1 aromatic heterocycles. The number of anilines is 1. The van der Waals surface area contributed by atoms with Crippen molar-refractivity contribution in [3.63, 3.8) is 0 Å². The van der Waals surface area contributed by atoms with Crippen LogP contribution in [0.15, 0.2) is 53.5 Å². The first-order valence-electron chi connectivity index (χ1n) is 12.0. The molecule has 7 heteroatoms. The summed E-state index contributed by atoms with van der Waals surface area (Å²) in [5.41, 5.74) is 3.58. The molecule has 3 aromatic rings. The monoisotopic (exact) mass is 501 g/mol. The standard InChI is InChI=1S/C29H31N3O3S/c1-29(2,3)20-11-12-22-25(17-20)36-28(26(22)27(33)32-21-8-6-5-7-9-21)31-18-19-10-13-23(35-15-14-30)24(16-19)34-4/h5-10,13,16,18,20H,11-12,15,17H2,1-4H3,(H,32,33)/t20-/m1/s1. The molecule has 1 aliphatic carbocycles. The number of fused-ring (bicyclic) bond motifs is 1.